The first-order chi connectivity index (χ1) is 7.20. The van der Waals surface area contributed by atoms with Gasteiger partial charge in [0.2, 0.25) is 0 Å². The molecule has 2 aliphatic rings. The van der Waals surface area contributed by atoms with Crippen molar-refractivity contribution in [2.24, 2.45) is 5.92 Å². The zero-order valence-electron chi connectivity index (χ0n) is 9.87. The van der Waals surface area contributed by atoms with Crippen molar-refractivity contribution in [2.45, 2.75) is 63.3 Å². The second kappa shape index (κ2) is 4.96. The average molecular weight is 229 g/mol. The van der Waals surface area contributed by atoms with Crippen molar-refractivity contribution < 1.29 is 4.21 Å². The van der Waals surface area contributed by atoms with E-state index in [0.717, 1.165) is 11.7 Å². The Kier molecular flexibility index (Phi) is 3.83. The van der Waals surface area contributed by atoms with Crippen molar-refractivity contribution >= 4 is 10.8 Å². The predicted molar refractivity (Wildman–Crippen MR) is 65.4 cm³/mol. The number of fused-ring (bicyclic) bond motifs is 1. The van der Waals surface area contributed by atoms with Crippen molar-refractivity contribution in [3.63, 3.8) is 0 Å². The van der Waals surface area contributed by atoms with E-state index in [1.165, 1.54) is 32.1 Å². The molecule has 5 atom stereocenters. The molecule has 0 bridgehead atoms. The van der Waals surface area contributed by atoms with Gasteiger partial charge in [-0.2, -0.15) is 0 Å². The van der Waals surface area contributed by atoms with Crippen LogP contribution in [0, 0.1) is 5.92 Å². The molecule has 0 aromatic carbocycles. The van der Waals surface area contributed by atoms with Crippen LogP contribution in [0.15, 0.2) is 0 Å². The first kappa shape index (κ1) is 11.6. The highest BCUT2D eigenvalue weighted by atomic mass is 32.2. The smallest absolute Gasteiger partial charge is 0.0504 e. The largest absolute Gasteiger partial charge is 0.309 e. The third-order valence-corrected chi connectivity index (χ3v) is 5.87. The Balaban J connectivity index is 1.97. The molecule has 0 amide bonds. The molecule has 3 heteroatoms. The molecule has 1 heterocycles. The zero-order chi connectivity index (χ0) is 10.8. The van der Waals surface area contributed by atoms with Crippen LogP contribution in [0.3, 0.4) is 0 Å². The highest BCUT2D eigenvalue weighted by Crippen LogP contribution is 2.33. The summed E-state index contributed by atoms with van der Waals surface area (Å²) in [6, 6.07) is 0.998. The zero-order valence-corrected chi connectivity index (χ0v) is 10.7. The van der Waals surface area contributed by atoms with E-state index < -0.39 is 10.8 Å². The molecule has 2 rings (SSSR count). The molecule has 1 N–H and O–H groups in total. The fraction of sp³-hybridized carbons (Fsp3) is 1.00. The van der Waals surface area contributed by atoms with Gasteiger partial charge < -0.3 is 5.32 Å². The minimum atomic E-state index is -0.574. The summed E-state index contributed by atoms with van der Waals surface area (Å²) >= 11 is 0. The van der Waals surface area contributed by atoms with Gasteiger partial charge in [0.1, 0.15) is 0 Å². The van der Waals surface area contributed by atoms with Crippen molar-refractivity contribution in [2.75, 3.05) is 5.75 Å². The number of nitrogens with one attached hydrogen (secondary N) is 1. The Hall–Kier alpha value is 0.110. The molecular formula is C12H23NOS. The molecule has 5 unspecified atom stereocenters. The Morgan fingerprint density at radius 2 is 2.20 bits per heavy atom. The van der Waals surface area contributed by atoms with Gasteiger partial charge in [-0.3, -0.25) is 4.21 Å². The molecule has 1 saturated heterocycles. The first-order valence-electron chi connectivity index (χ1n) is 6.34. The van der Waals surface area contributed by atoms with Crippen LogP contribution in [0.1, 0.15) is 46.0 Å². The van der Waals surface area contributed by atoms with Crippen LogP contribution in [-0.4, -0.2) is 27.3 Å². The summed E-state index contributed by atoms with van der Waals surface area (Å²) < 4.78 is 12.1. The monoisotopic (exact) mass is 229 g/mol. The molecule has 2 nitrogen and oxygen atoms in total. The molecule has 15 heavy (non-hydrogen) atoms. The van der Waals surface area contributed by atoms with Crippen molar-refractivity contribution in [3.05, 3.63) is 0 Å². The quantitative estimate of drug-likeness (QED) is 0.785. The summed E-state index contributed by atoms with van der Waals surface area (Å²) in [7, 11) is -0.574. The van der Waals surface area contributed by atoms with Crippen LogP contribution >= 0.6 is 0 Å². The first-order valence-corrected chi connectivity index (χ1v) is 7.72. The standard InChI is InChI=1S/C12H23NOS/c1-3-4-10-5-6-11-12(7-10)15(14)8-9(2)13-11/h9-13H,3-8H2,1-2H3. The summed E-state index contributed by atoms with van der Waals surface area (Å²) in [6.07, 6.45) is 6.39. The fourth-order valence-corrected chi connectivity index (χ4v) is 5.05. The van der Waals surface area contributed by atoms with E-state index in [4.69, 9.17) is 0 Å². The Morgan fingerprint density at radius 3 is 2.93 bits per heavy atom. The van der Waals surface area contributed by atoms with Crippen molar-refractivity contribution in [3.8, 4) is 0 Å². The molecule has 0 aromatic rings. The second-order valence-electron chi connectivity index (χ2n) is 5.23. The topological polar surface area (TPSA) is 29.1 Å². The Morgan fingerprint density at radius 1 is 1.40 bits per heavy atom. The molecule has 1 aliphatic heterocycles. The molecule has 0 radical (unpaired) electrons. The van der Waals surface area contributed by atoms with Gasteiger partial charge in [0.05, 0.1) is 5.25 Å². The maximum atomic E-state index is 12.1. The van der Waals surface area contributed by atoms with Gasteiger partial charge >= 0.3 is 0 Å². The SMILES string of the molecule is CCCC1CCC2NC(C)CS(=O)C2C1. The Bertz CT molecular complexity index is 244. The van der Waals surface area contributed by atoms with E-state index in [0.29, 0.717) is 17.3 Å². The minimum Gasteiger partial charge on any atom is -0.309 e. The van der Waals surface area contributed by atoms with Gasteiger partial charge in [-0.05, 0) is 32.1 Å². The van der Waals surface area contributed by atoms with Crippen molar-refractivity contribution in [1.82, 2.24) is 5.32 Å². The summed E-state index contributed by atoms with van der Waals surface area (Å²) in [4.78, 5) is 0. The number of hydrogen-bond acceptors (Lipinski definition) is 2. The van der Waals surface area contributed by atoms with Crippen LogP contribution in [0.5, 0.6) is 0 Å². The molecular weight excluding hydrogens is 206 g/mol. The molecule has 88 valence electrons. The average Bonchev–Trinajstić information content (AvgIpc) is 2.19. The lowest BCUT2D eigenvalue weighted by molar-refractivity contribution is 0.266. The van der Waals surface area contributed by atoms with Gasteiger partial charge in [0, 0.05) is 28.6 Å². The molecule has 2 fully saturated rings. The summed E-state index contributed by atoms with van der Waals surface area (Å²) in [5, 5.41) is 4.07. The molecule has 0 spiro atoms. The number of hydrogen-bond donors (Lipinski definition) is 1. The molecule has 1 aliphatic carbocycles. The maximum absolute atomic E-state index is 12.1. The van der Waals surface area contributed by atoms with E-state index in [-0.39, 0.29) is 0 Å². The lowest BCUT2D eigenvalue weighted by Gasteiger charge is -2.41. The van der Waals surface area contributed by atoms with Gasteiger partial charge in [-0.25, -0.2) is 0 Å². The molecule has 1 saturated carbocycles. The normalized spacial score (nSPS) is 46.1. The Labute approximate surface area is 95.7 Å². The van der Waals surface area contributed by atoms with Crippen LogP contribution in [-0.2, 0) is 10.8 Å². The van der Waals surface area contributed by atoms with Crippen LogP contribution < -0.4 is 5.32 Å². The van der Waals surface area contributed by atoms with Gasteiger partial charge in [-0.15, -0.1) is 0 Å². The van der Waals surface area contributed by atoms with E-state index in [2.05, 4.69) is 19.2 Å². The fourth-order valence-electron chi connectivity index (χ4n) is 3.15. The predicted octanol–water partition coefficient (Wildman–Crippen LogP) is 2.06. The van der Waals surface area contributed by atoms with E-state index in [1.54, 1.807) is 0 Å². The van der Waals surface area contributed by atoms with Gasteiger partial charge in [0.25, 0.3) is 0 Å². The van der Waals surface area contributed by atoms with E-state index >= 15 is 0 Å². The molecule has 0 aromatic heterocycles. The van der Waals surface area contributed by atoms with Gasteiger partial charge in [-0.1, -0.05) is 19.8 Å². The highest BCUT2D eigenvalue weighted by Gasteiger charge is 2.38. The summed E-state index contributed by atoms with van der Waals surface area (Å²) in [6.45, 7) is 4.41. The van der Waals surface area contributed by atoms with E-state index in [9.17, 15) is 4.21 Å². The van der Waals surface area contributed by atoms with Crippen LogP contribution in [0.25, 0.3) is 0 Å². The third-order valence-electron chi connectivity index (χ3n) is 3.85. The summed E-state index contributed by atoms with van der Waals surface area (Å²) in [5.41, 5.74) is 0. The lowest BCUT2D eigenvalue weighted by Crippen LogP contribution is -2.56. The van der Waals surface area contributed by atoms with Gasteiger partial charge in [0.15, 0.2) is 0 Å². The minimum absolute atomic E-state index is 0.450. The third kappa shape index (κ3) is 2.62. The highest BCUT2D eigenvalue weighted by molar-refractivity contribution is 7.85. The van der Waals surface area contributed by atoms with E-state index in [1.807, 2.05) is 0 Å². The van der Waals surface area contributed by atoms with Crippen molar-refractivity contribution in [1.29, 1.82) is 0 Å². The second-order valence-corrected chi connectivity index (χ2v) is 6.93. The van der Waals surface area contributed by atoms with Crippen LogP contribution in [0.4, 0.5) is 0 Å². The van der Waals surface area contributed by atoms with Crippen LogP contribution in [0.2, 0.25) is 0 Å². The lowest BCUT2D eigenvalue weighted by atomic mass is 9.83. The summed E-state index contributed by atoms with van der Waals surface area (Å²) in [5.74, 6) is 1.70. The number of rotatable bonds is 2. The maximum Gasteiger partial charge on any atom is 0.0504 e.